The Bertz CT molecular complexity index is 347. The van der Waals surface area contributed by atoms with Crippen molar-refractivity contribution in [1.82, 2.24) is 0 Å². The summed E-state index contributed by atoms with van der Waals surface area (Å²) in [6, 6.07) is 0. The summed E-state index contributed by atoms with van der Waals surface area (Å²) in [5.41, 5.74) is 0. The van der Waals surface area contributed by atoms with Crippen molar-refractivity contribution in [3.63, 3.8) is 0 Å². The number of hydrogen-bond donors (Lipinski definition) is 0. The second-order valence-corrected chi connectivity index (χ2v) is 9.87. The zero-order valence-electron chi connectivity index (χ0n) is 10.2. The fraction of sp³-hybridized carbons (Fsp3) is 0.800. The van der Waals surface area contributed by atoms with Gasteiger partial charge in [-0.2, -0.15) is 0 Å². The van der Waals surface area contributed by atoms with Crippen LogP contribution in [-0.2, 0) is 19.4 Å². The van der Waals surface area contributed by atoms with Crippen molar-refractivity contribution in [1.29, 1.82) is 0 Å². The summed E-state index contributed by atoms with van der Waals surface area (Å²) in [6.07, 6.45) is -9.31. The van der Waals surface area contributed by atoms with E-state index in [0.29, 0.717) is 0 Å². The molecular weight excluding hydrogens is 449 g/mol. The molecule has 108 valence electrons. The molecule has 0 spiro atoms. The number of hydrogen-bond acceptors (Lipinski definition) is 0. The zero-order chi connectivity index (χ0) is 14.8. The molecule has 0 aliphatic rings. The average molecular weight is 464 g/mol. The molecular formula is C10H15F6PW. The molecule has 0 unspecified atom stereocenters. The van der Waals surface area contributed by atoms with Crippen LogP contribution < -0.4 is 0 Å². The van der Waals surface area contributed by atoms with Crippen LogP contribution in [-0.4, -0.2) is 40.0 Å². The van der Waals surface area contributed by atoms with Gasteiger partial charge in [0.1, 0.15) is 0 Å². The van der Waals surface area contributed by atoms with E-state index in [2.05, 4.69) is 0 Å². The maximum atomic E-state index is 13.0. The molecule has 0 amide bonds. The second kappa shape index (κ2) is 6.26. The van der Waals surface area contributed by atoms with Crippen molar-refractivity contribution in [2.24, 2.45) is 0 Å². The Morgan fingerprint density at radius 2 is 1.17 bits per heavy atom. The fourth-order valence-corrected chi connectivity index (χ4v) is 7.78. The van der Waals surface area contributed by atoms with E-state index in [9.17, 15) is 26.3 Å². The molecule has 0 heterocycles. The third kappa shape index (κ3) is 3.96. The van der Waals surface area contributed by atoms with Crippen LogP contribution >= 0.6 is 6.89 Å². The van der Waals surface area contributed by atoms with Crippen LogP contribution in [0, 0.1) is 0 Å². The first-order valence-corrected chi connectivity index (χ1v) is 9.19. The average Bonchev–Trinajstić information content (AvgIpc) is 2.22. The standard InChI is InChI=1S/C10H15F6P.W/c1-4-17(5-2,6-3)8(10(14,15)16)7-9(11,12)13;/h4-6H2,1-3H3;. The summed E-state index contributed by atoms with van der Waals surface area (Å²) in [5, 5.41) is -1.27. The molecule has 0 radical (unpaired) electrons. The molecule has 0 nitrogen and oxygen atoms in total. The van der Waals surface area contributed by atoms with Crippen LogP contribution in [0.15, 0.2) is 0 Å². The van der Waals surface area contributed by atoms with Crippen LogP contribution in [0.4, 0.5) is 26.3 Å². The first-order valence-electron chi connectivity index (χ1n) is 5.38. The first-order chi connectivity index (χ1) is 7.96. The molecule has 0 aliphatic carbocycles. The molecule has 8 heteroatoms. The summed E-state index contributed by atoms with van der Waals surface area (Å²) in [5.74, 6) is 0. The van der Waals surface area contributed by atoms with Gasteiger partial charge in [-0.25, -0.2) is 0 Å². The minimum absolute atomic E-state index is 0.154. The summed E-state index contributed by atoms with van der Waals surface area (Å²) >= 11 is -0.162. The number of alkyl halides is 6. The molecule has 0 aromatic carbocycles. The Kier molecular flexibility index (Phi) is 6.41. The van der Waals surface area contributed by atoms with E-state index in [1.54, 1.807) is 20.8 Å². The van der Waals surface area contributed by atoms with Gasteiger partial charge >= 0.3 is 113 Å². The topological polar surface area (TPSA) is 0 Å². The third-order valence-corrected chi connectivity index (χ3v) is 10.3. The molecule has 0 saturated carbocycles. The van der Waals surface area contributed by atoms with Gasteiger partial charge < -0.3 is 0 Å². The van der Waals surface area contributed by atoms with Crippen molar-refractivity contribution >= 4 is 16.1 Å². The summed E-state index contributed by atoms with van der Waals surface area (Å²) in [4.78, 5) is 0. The van der Waals surface area contributed by atoms with Crippen LogP contribution in [0.3, 0.4) is 0 Å². The van der Waals surface area contributed by atoms with Gasteiger partial charge in [0.15, 0.2) is 0 Å². The maximum absolute atomic E-state index is 13.0. The minimum atomic E-state index is -4.89. The van der Waals surface area contributed by atoms with E-state index in [4.69, 9.17) is 0 Å². The molecule has 0 N–H and O–H groups in total. The van der Waals surface area contributed by atoms with Gasteiger partial charge in [0.25, 0.3) is 0 Å². The molecule has 0 rings (SSSR count). The van der Waals surface area contributed by atoms with E-state index in [-0.39, 0.29) is 37.8 Å². The van der Waals surface area contributed by atoms with E-state index in [1.165, 1.54) is 0 Å². The number of rotatable bonds is 4. The van der Waals surface area contributed by atoms with Gasteiger partial charge in [-0.1, -0.05) is 0 Å². The third-order valence-electron chi connectivity index (χ3n) is 3.03. The SMILES string of the molecule is CCP(CC)(CC)=C([C](=[W])C(F)(F)F)C(F)(F)F. The van der Waals surface area contributed by atoms with Crippen LogP contribution in [0.2, 0.25) is 0 Å². The Morgan fingerprint density at radius 1 is 0.833 bits per heavy atom. The zero-order valence-corrected chi connectivity index (χ0v) is 14.1. The summed E-state index contributed by atoms with van der Waals surface area (Å²) in [6.45, 7) is 1.87. The summed E-state index contributed by atoms with van der Waals surface area (Å²) < 4.78 is 75.7. The van der Waals surface area contributed by atoms with Crippen molar-refractivity contribution in [3.8, 4) is 0 Å². The normalized spacial score (nSPS) is 13.6. The second-order valence-electron chi connectivity index (χ2n) is 3.77. The monoisotopic (exact) mass is 464 g/mol. The molecule has 0 saturated heterocycles. The van der Waals surface area contributed by atoms with Crippen molar-refractivity contribution in [3.05, 3.63) is 0 Å². The van der Waals surface area contributed by atoms with E-state index in [0.717, 1.165) is 0 Å². The van der Waals surface area contributed by atoms with E-state index >= 15 is 0 Å². The predicted molar refractivity (Wildman–Crippen MR) is 60.7 cm³/mol. The molecule has 0 atom stereocenters. The fourth-order valence-electron chi connectivity index (χ4n) is 1.89. The van der Waals surface area contributed by atoms with E-state index < -0.39 is 28.4 Å². The summed E-state index contributed by atoms with van der Waals surface area (Å²) in [7, 11) is 0. The van der Waals surface area contributed by atoms with Crippen molar-refractivity contribution in [2.75, 3.05) is 18.5 Å². The van der Waals surface area contributed by atoms with Crippen molar-refractivity contribution in [2.45, 2.75) is 33.1 Å². The van der Waals surface area contributed by atoms with Crippen molar-refractivity contribution < 1.29 is 45.7 Å². The molecule has 0 aliphatic heterocycles. The van der Waals surface area contributed by atoms with Crippen LogP contribution in [0.1, 0.15) is 20.8 Å². The van der Waals surface area contributed by atoms with Gasteiger partial charge in [-0.15, -0.1) is 0 Å². The van der Waals surface area contributed by atoms with E-state index in [1.807, 2.05) is 0 Å². The Morgan fingerprint density at radius 3 is 1.33 bits per heavy atom. The van der Waals surface area contributed by atoms with Gasteiger partial charge in [0.05, 0.1) is 0 Å². The molecule has 0 fully saturated rings. The molecule has 18 heavy (non-hydrogen) atoms. The Hall–Kier alpha value is 0.438. The molecule has 0 aromatic rings. The van der Waals surface area contributed by atoms with Gasteiger partial charge in [0, 0.05) is 0 Å². The van der Waals surface area contributed by atoms with Gasteiger partial charge in [-0.05, 0) is 0 Å². The van der Waals surface area contributed by atoms with Gasteiger partial charge in [0.2, 0.25) is 0 Å². The Labute approximate surface area is 114 Å². The molecule has 0 bridgehead atoms. The Balaban J connectivity index is 6.26. The van der Waals surface area contributed by atoms with Crippen LogP contribution in [0.5, 0.6) is 0 Å². The molecule has 0 aromatic heterocycles. The van der Waals surface area contributed by atoms with Gasteiger partial charge in [-0.3, -0.25) is 0 Å². The quantitative estimate of drug-likeness (QED) is 0.435. The first kappa shape index (κ1) is 18.4. The number of halogens is 6. The predicted octanol–water partition coefficient (Wildman–Crippen LogP) is 4.08. The van der Waals surface area contributed by atoms with Crippen LogP contribution in [0.25, 0.3) is 0 Å².